The number of anilines is 1. The highest BCUT2D eigenvalue weighted by Gasteiger charge is 1.93. The van der Waals surface area contributed by atoms with E-state index in [0.717, 1.165) is 18.3 Å². The van der Waals surface area contributed by atoms with Crippen LogP contribution in [0.15, 0.2) is 24.4 Å². The maximum Gasteiger partial charge on any atom is 0.125 e. The topological polar surface area (TPSA) is 24.9 Å². The van der Waals surface area contributed by atoms with Crippen molar-refractivity contribution < 1.29 is 0 Å². The fraction of sp³-hybridized carbons (Fsp3) is 0.583. The average molecular weight is 194 g/mol. The second-order valence-electron chi connectivity index (χ2n) is 3.32. The van der Waals surface area contributed by atoms with Crippen LogP contribution in [0.4, 0.5) is 5.82 Å². The molecule has 1 aromatic rings. The van der Waals surface area contributed by atoms with Crippen LogP contribution in [0.3, 0.4) is 0 Å². The zero-order valence-corrected chi connectivity index (χ0v) is 9.75. The van der Waals surface area contributed by atoms with Crippen molar-refractivity contribution in [1.29, 1.82) is 0 Å². The molecule has 0 unspecified atom stereocenters. The van der Waals surface area contributed by atoms with Crippen LogP contribution in [0.5, 0.6) is 0 Å². The van der Waals surface area contributed by atoms with Crippen LogP contribution in [0.1, 0.15) is 34.1 Å². The number of rotatable bonds is 4. The fourth-order valence-corrected chi connectivity index (χ4v) is 0.956. The van der Waals surface area contributed by atoms with E-state index in [9.17, 15) is 0 Å². The van der Waals surface area contributed by atoms with Gasteiger partial charge < -0.3 is 5.32 Å². The third-order valence-electron chi connectivity index (χ3n) is 1.69. The van der Waals surface area contributed by atoms with Gasteiger partial charge in [-0.25, -0.2) is 4.98 Å². The molecule has 0 fully saturated rings. The van der Waals surface area contributed by atoms with Crippen molar-refractivity contribution in [1.82, 2.24) is 4.98 Å². The third kappa shape index (κ3) is 6.46. The van der Waals surface area contributed by atoms with Crippen molar-refractivity contribution >= 4 is 5.82 Å². The Morgan fingerprint density at radius 3 is 2.50 bits per heavy atom. The molecule has 0 saturated carbocycles. The van der Waals surface area contributed by atoms with E-state index in [-0.39, 0.29) is 0 Å². The highest BCUT2D eigenvalue weighted by molar-refractivity contribution is 5.32. The van der Waals surface area contributed by atoms with E-state index in [4.69, 9.17) is 0 Å². The van der Waals surface area contributed by atoms with Crippen LogP contribution in [0, 0.1) is 5.92 Å². The summed E-state index contributed by atoms with van der Waals surface area (Å²) in [5.74, 6) is 1.72. The molecule has 0 aliphatic carbocycles. The van der Waals surface area contributed by atoms with E-state index >= 15 is 0 Å². The highest BCUT2D eigenvalue weighted by Crippen LogP contribution is 2.02. The van der Waals surface area contributed by atoms with Crippen LogP contribution in [0.25, 0.3) is 0 Å². The number of hydrogen-bond acceptors (Lipinski definition) is 2. The summed E-state index contributed by atoms with van der Waals surface area (Å²) in [6.45, 7) is 9.45. The number of aromatic nitrogens is 1. The summed E-state index contributed by atoms with van der Waals surface area (Å²) in [5, 5.41) is 3.26. The van der Waals surface area contributed by atoms with Crippen LogP contribution < -0.4 is 5.32 Å². The average Bonchev–Trinajstić information content (AvgIpc) is 2.22. The Morgan fingerprint density at radius 1 is 1.29 bits per heavy atom. The van der Waals surface area contributed by atoms with E-state index in [2.05, 4.69) is 24.1 Å². The minimum atomic E-state index is 0.751. The molecule has 80 valence electrons. The van der Waals surface area contributed by atoms with Gasteiger partial charge in [-0.1, -0.05) is 33.8 Å². The lowest BCUT2D eigenvalue weighted by atomic mass is 10.1. The lowest BCUT2D eigenvalue weighted by molar-refractivity contribution is 0.606. The normalized spacial score (nSPS) is 9.21. The van der Waals surface area contributed by atoms with Gasteiger partial charge in [-0.05, 0) is 24.5 Å². The number of pyridine rings is 1. The first-order valence-electron chi connectivity index (χ1n) is 5.44. The smallest absolute Gasteiger partial charge is 0.125 e. The highest BCUT2D eigenvalue weighted by atomic mass is 15.0. The summed E-state index contributed by atoms with van der Waals surface area (Å²) in [6, 6.07) is 5.90. The molecule has 1 N–H and O–H groups in total. The van der Waals surface area contributed by atoms with E-state index in [1.807, 2.05) is 32.0 Å². The third-order valence-corrected chi connectivity index (χ3v) is 1.69. The van der Waals surface area contributed by atoms with Crippen molar-refractivity contribution in [3.05, 3.63) is 24.4 Å². The molecule has 1 heterocycles. The van der Waals surface area contributed by atoms with Gasteiger partial charge >= 0.3 is 0 Å². The molecule has 0 saturated heterocycles. The minimum Gasteiger partial charge on any atom is -0.370 e. The molecule has 0 amide bonds. The van der Waals surface area contributed by atoms with Gasteiger partial charge in [-0.15, -0.1) is 0 Å². The standard InChI is InChI=1S/C10H16N2.C2H6/c1-9(2)6-8-12-10-5-3-4-7-11-10;1-2/h3-5,7,9H,6,8H2,1-2H3,(H,11,12);1-2H3. The Bertz CT molecular complexity index is 207. The summed E-state index contributed by atoms with van der Waals surface area (Å²) in [5.41, 5.74) is 0. The monoisotopic (exact) mass is 194 g/mol. The van der Waals surface area contributed by atoms with Crippen molar-refractivity contribution in [2.45, 2.75) is 34.1 Å². The van der Waals surface area contributed by atoms with E-state index in [1.165, 1.54) is 6.42 Å². The Morgan fingerprint density at radius 2 is 2.00 bits per heavy atom. The largest absolute Gasteiger partial charge is 0.370 e. The first-order chi connectivity index (χ1) is 6.79. The second kappa shape index (κ2) is 8.54. The lowest BCUT2D eigenvalue weighted by Crippen LogP contribution is -2.05. The van der Waals surface area contributed by atoms with Gasteiger partial charge in [-0.3, -0.25) is 0 Å². The van der Waals surface area contributed by atoms with Crippen LogP contribution >= 0.6 is 0 Å². The molecule has 0 aliphatic rings. The van der Waals surface area contributed by atoms with Gasteiger partial charge in [0.15, 0.2) is 0 Å². The molecule has 1 aromatic heterocycles. The Hall–Kier alpha value is -1.05. The molecule has 0 bridgehead atoms. The quantitative estimate of drug-likeness (QED) is 0.792. The van der Waals surface area contributed by atoms with E-state index < -0.39 is 0 Å². The number of nitrogens with one attached hydrogen (secondary N) is 1. The van der Waals surface area contributed by atoms with Gasteiger partial charge in [0.1, 0.15) is 5.82 Å². The van der Waals surface area contributed by atoms with Crippen molar-refractivity contribution in [3.63, 3.8) is 0 Å². The second-order valence-corrected chi connectivity index (χ2v) is 3.32. The maximum absolute atomic E-state index is 4.16. The number of nitrogens with zero attached hydrogens (tertiary/aromatic N) is 1. The zero-order valence-electron chi connectivity index (χ0n) is 9.75. The molecule has 0 spiro atoms. The molecule has 2 heteroatoms. The van der Waals surface area contributed by atoms with Gasteiger partial charge in [0, 0.05) is 12.7 Å². The molecule has 0 radical (unpaired) electrons. The van der Waals surface area contributed by atoms with Crippen LogP contribution in [0.2, 0.25) is 0 Å². The van der Waals surface area contributed by atoms with Crippen LogP contribution in [-0.4, -0.2) is 11.5 Å². The zero-order chi connectivity index (χ0) is 10.8. The van der Waals surface area contributed by atoms with Gasteiger partial charge in [-0.2, -0.15) is 0 Å². The fourth-order valence-electron chi connectivity index (χ4n) is 0.956. The van der Waals surface area contributed by atoms with Gasteiger partial charge in [0.2, 0.25) is 0 Å². The predicted molar refractivity (Wildman–Crippen MR) is 63.5 cm³/mol. The summed E-state index contributed by atoms with van der Waals surface area (Å²) in [6.07, 6.45) is 2.99. The predicted octanol–water partition coefficient (Wildman–Crippen LogP) is 3.57. The molecule has 1 rings (SSSR count). The van der Waals surface area contributed by atoms with Gasteiger partial charge in [0.25, 0.3) is 0 Å². The Labute approximate surface area is 87.8 Å². The first kappa shape index (κ1) is 12.9. The molecule has 0 aliphatic heterocycles. The maximum atomic E-state index is 4.16. The summed E-state index contributed by atoms with van der Waals surface area (Å²) in [4.78, 5) is 4.16. The van der Waals surface area contributed by atoms with Crippen LogP contribution in [-0.2, 0) is 0 Å². The SMILES string of the molecule is CC.CC(C)CCNc1ccccn1. The minimum absolute atomic E-state index is 0.751. The molecule has 14 heavy (non-hydrogen) atoms. The molecular formula is C12H22N2. The van der Waals surface area contributed by atoms with E-state index in [1.54, 1.807) is 6.20 Å². The summed E-state index contributed by atoms with van der Waals surface area (Å²) >= 11 is 0. The van der Waals surface area contributed by atoms with Gasteiger partial charge in [0.05, 0.1) is 0 Å². The Balaban J connectivity index is 0.000000791. The summed E-state index contributed by atoms with van der Waals surface area (Å²) < 4.78 is 0. The van der Waals surface area contributed by atoms with E-state index in [0.29, 0.717) is 0 Å². The lowest BCUT2D eigenvalue weighted by Gasteiger charge is -2.06. The van der Waals surface area contributed by atoms with Crippen molar-refractivity contribution in [2.75, 3.05) is 11.9 Å². The molecule has 2 nitrogen and oxygen atoms in total. The Kier molecular flexibility index (Phi) is 7.90. The molecular weight excluding hydrogens is 172 g/mol. The van der Waals surface area contributed by atoms with Crippen molar-refractivity contribution in [2.24, 2.45) is 5.92 Å². The first-order valence-corrected chi connectivity index (χ1v) is 5.44. The number of hydrogen-bond donors (Lipinski definition) is 1. The van der Waals surface area contributed by atoms with Crippen molar-refractivity contribution in [3.8, 4) is 0 Å². The molecule has 0 atom stereocenters. The molecule has 0 aromatic carbocycles. The summed E-state index contributed by atoms with van der Waals surface area (Å²) in [7, 11) is 0.